The van der Waals surface area contributed by atoms with Gasteiger partial charge in [0.2, 0.25) is 0 Å². The van der Waals surface area contributed by atoms with Crippen molar-refractivity contribution in [2.45, 2.75) is 20.4 Å². The Bertz CT molecular complexity index is 967. The second-order valence-electron chi connectivity index (χ2n) is 7.63. The maximum absolute atomic E-state index is 13.1. The van der Waals surface area contributed by atoms with Gasteiger partial charge in [0.05, 0.1) is 23.8 Å². The predicted molar refractivity (Wildman–Crippen MR) is 115 cm³/mol. The Labute approximate surface area is 182 Å². The summed E-state index contributed by atoms with van der Waals surface area (Å²) >= 11 is 0. The fourth-order valence-electron chi connectivity index (χ4n) is 3.77. The number of nitrogens with one attached hydrogen (secondary N) is 1. The van der Waals surface area contributed by atoms with E-state index < -0.39 is 5.97 Å². The molecule has 0 atom stereocenters. The van der Waals surface area contributed by atoms with Crippen LogP contribution in [0.2, 0.25) is 0 Å². The zero-order chi connectivity index (χ0) is 22.4. The summed E-state index contributed by atoms with van der Waals surface area (Å²) in [6.45, 7) is 7.56. The lowest BCUT2D eigenvalue weighted by atomic mass is 10.1. The Morgan fingerprint density at radius 2 is 1.77 bits per heavy atom. The minimum Gasteiger partial charge on any atom is -0.460 e. The number of aromatic nitrogens is 1. The van der Waals surface area contributed by atoms with Crippen molar-refractivity contribution in [2.75, 3.05) is 46.5 Å². The van der Waals surface area contributed by atoms with E-state index in [0.29, 0.717) is 47.8 Å². The van der Waals surface area contributed by atoms with Gasteiger partial charge in [-0.05, 0) is 37.1 Å². The minimum atomic E-state index is -0.449. The number of ether oxygens (including phenoxy) is 2. The number of nitrogens with zero attached hydrogens (tertiary/aromatic N) is 3. The molecule has 2 heterocycles. The van der Waals surface area contributed by atoms with E-state index >= 15 is 0 Å². The van der Waals surface area contributed by atoms with Gasteiger partial charge in [-0.1, -0.05) is 12.1 Å². The van der Waals surface area contributed by atoms with Crippen LogP contribution in [0.25, 0.3) is 0 Å². The zero-order valence-corrected chi connectivity index (χ0v) is 18.2. The van der Waals surface area contributed by atoms with Crippen LogP contribution < -0.4 is 0 Å². The summed E-state index contributed by atoms with van der Waals surface area (Å²) in [5.74, 6) is -0.552. The molecule has 0 unspecified atom stereocenters. The van der Waals surface area contributed by atoms with Crippen LogP contribution in [0, 0.1) is 25.2 Å². The van der Waals surface area contributed by atoms with E-state index in [9.17, 15) is 9.59 Å². The molecule has 0 radical (unpaired) electrons. The van der Waals surface area contributed by atoms with Gasteiger partial charge in [-0.2, -0.15) is 5.26 Å². The molecule has 1 aromatic carbocycles. The number of aromatic amines is 1. The number of aryl methyl sites for hydroxylation is 1. The summed E-state index contributed by atoms with van der Waals surface area (Å²) in [4.78, 5) is 32.6. The molecule has 1 amide bonds. The lowest BCUT2D eigenvalue weighted by Crippen LogP contribution is -2.48. The van der Waals surface area contributed by atoms with Gasteiger partial charge in [-0.3, -0.25) is 9.69 Å². The Balaban J connectivity index is 1.59. The molecule has 31 heavy (non-hydrogen) atoms. The molecule has 3 rings (SSSR count). The van der Waals surface area contributed by atoms with Crippen molar-refractivity contribution in [3.8, 4) is 6.07 Å². The number of hydrogen-bond acceptors (Lipinski definition) is 6. The highest BCUT2D eigenvalue weighted by Gasteiger charge is 2.28. The third-order valence-corrected chi connectivity index (χ3v) is 5.52. The van der Waals surface area contributed by atoms with Gasteiger partial charge in [-0.15, -0.1) is 0 Å². The summed E-state index contributed by atoms with van der Waals surface area (Å²) < 4.78 is 10.1. The molecule has 164 valence electrons. The number of carbonyl (C=O) groups is 2. The number of nitriles is 1. The van der Waals surface area contributed by atoms with Crippen molar-refractivity contribution >= 4 is 11.9 Å². The van der Waals surface area contributed by atoms with Gasteiger partial charge in [0.1, 0.15) is 12.3 Å². The fourth-order valence-corrected chi connectivity index (χ4v) is 3.77. The normalized spacial score (nSPS) is 14.3. The summed E-state index contributed by atoms with van der Waals surface area (Å²) in [5.41, 5.74) is 3.90. The fraction of sp³-hybridized carbons (Fsp3) is 0.435. The molecule has 8 heteroatoms. The second kappa shape index (κ2) is 10.2. The monoisotopic (exact) mass is 424 g/mol. The number of carbonyl (C=O) groups excluding carboxylic acids is 2. The van der Waals surface area contributed by atoms with Crippen LogP contribution in [-0.4, -0.2) is 73.2 Å². The maximum Gasteiger partial charge on any atom is 0.340 e. The van der Waals surface area contributed by atoms with Crippen LogP contribution in [0.15, 0.2) is 24.3 Å². The van der Waals surface area contributed by atoms with Gasteiger partial charge >= 0.3 is 5.97 Å². The molecule has 1 aromatic heterocycles. The molecular weight excluding hydrogens is 396 g/mol. The Hall–Kier alpha value is -3.15. The largest absolute Gasteiger partial charge is 0.460 e. The first kappa shape index (κ1) is 22.5. The molecule has 1 N–H and O–H groups in total. The molecule has 0 spiro atoms. The highest BCUT2D eigenvalue weighted by atomic mass is 16.6. The molecule has 2 aromatic rings. The Morgan fingerprint density at radius 3 is 2.39 bits per heavy atom. The van der Waals surface area contributed by atoms with Gasteiger partial charge in [0.15, 0.2) is 0 Å². The first-order chi connectivity index (χ1) is 14.9. The molecule has 0 aliphatic carbocycles. The molecule has 0 saturated carbocycles. The van der Waals surface area contributed by atoms with Crippen LogP contribution in [0.3, 0.4) is 0 Å². The van der Waals surface area contributed by atoms with E-state index in [2.05, 4.69) is 16.0 Å². The highest BCUT2D eigenvalue weighted by molar-refractivity contribution is 6.00. The Morgan fingerprint density at radius 1 is 1.10 bits per heavy atom. The van der Waals surface area contributed by atoms with E-state index in [1.807, 2.05) is 29.2 Å². The smallest absolute Gasteiger partial charge is 0.340 e. The van der Waals surface area contributed by atoms with Gasteiger partial charge < -0.3 is 19.4 Å². The number of benzene rings is 1. The van der Waals surface area contributed by atoms with Crippen molar-refractivity contribution in [1.29, 1.82) is 5.26 Å². The number of H-pyrrole nitrogens is 1. The van der Waals surface area contributed by atoms with Crippen molar-refractivity contribution in [2.24, 2.45) is 0 Å². The number of piperazine rings is 1. The quantitative estimate of drug-likeness (QED) is 0.541. The molecule has 1 aliphatic rings. The third kappa shape index (κ3) is 5.32. The predicted octanol–water partition coefficient (Wildman–Crippen LogP) is 2.26. The SMILES string of the molecule is COCCOC(=O)c1c(C)[nH]c(C(=O)N2CCN(Cc3ccc(C#N)cc3)CC2)c1C. The first-order valence-corrected chi connectivity index (χ1v) is 10.3. The lowest BCUT2D eigenvalue weighted by molar-refractivity contribution is 0.0387. The van der Waals surface area contributed by atoms with E-state index in [4.69, 9.17) is 14.7 Å². The van der Waals surface area contributed by atoms with Crippen LogP contribution in [0.1, 0.15) is 43.2 Å². The minimum absolute atomic E-state index is 0.102. The van der Waals surface area contributed by atoms with E-state index in [-0.39, 0.29) is 12.5 Å². The molecule has 1 saturated heterocycles. The van der Waals surface area contributed by atoms with Gasteiger partial charge in [-0.25, -0.2) is 4.79 Å². The van der Waals surface area contributed by atoms with Crippen LogP contribution in [0.4, 0.5) is 0 Å². The summed E-state index contributed by atoms with van der Waals surface area (Å²) in [6.07, 6.45) is 0. The summed E-state index contributed by atoms with van der Waals surface area (Å²) in [6, 6.07) is 9.70. The summed E-state index contributed by atoms with van der Waals surface area (Å²) in [7, 11) is 1.54. The molecule has 1 aliphatic heterocycles. The van der Waals surface area contributed by atoms with Crippen LogP contribution in [-0.2, 0) is 16.0 Å². The number of methoxy groups -OCH3 is 1. The van der Waals surface area contributed by atoms with Crippen LogP contribution in [0.5, 0.6) is 0 Å². The van der Waals surface area contributed by atoms with Crippen LogP contribution >= 0.6 is 0 Å². The molecule has 8 nitrogen and oxygen atoms in total. The highest BCUT2D eigenvalue weighted by Crippen LogP contribution is 2.21. The van der Waals surface area contributed by atoms with Crippen molar-refractivity contribution in [3.05, 3.63) is 57.9 Å². The number of hydrogen-bond donors (Lipinski definition) is 1. The van der Waals surface area contributed by atoms with E-state index in [1.54, 1.807) is 21.0 Å². The second-order valence-corrected chi connectivity index (χ2v) is 7.63. The number of rotatable bonds is 7. The lowest BCUT2D eigenvalue weighted by Gasteiger charge is -2.34. The van der Waals surface area contributed by atoms with Gasteiger partial charge in [0.25, 0.3) is 5.91 Å². The number of esters is 1. The third-order valence-electron chi connectivity index (χ3n) is 5.52. The molecule has 0 bridgehead atoms. The van der Waals surface area contributed by atoms with E-state index in [1.165, 1.54) is 0 Å². The first-order valence-electron chi connectivity index (χ1n) is 10.3. The topological polar surface area (TPSA) is 98.7 Å². The average Bonchev–Trinajstić information content (AvgIpc) is 3.08. The molecular formula is C23H28N4O4. The zero-order valence-electron chi connectivity index (χ0n) is 18.2. The summed E-state index contributed by atoms with van der Waals surface area (Å²) in [5, 5.41) is 8.91. The van der Waals surface area contributed by atoms with Crippen molar-refractivity contribution < 1.29 is 19.1 Å². The Kier molecular flexibility index (Phi) is 7.45. The maximum atomic E-state index is 13.1. The molecule has 1 fully saturated rings. The standard InChI is InChI=1S/C23H28N4O4/c1-16-20(23(29)31-13-12-30-3)17(2)25-21(16)22(28)27-10-8-26(9-11-27)15-19-6-4-18(14-24)5-7-19/h4-7,25H,8-13,15H2,1-3H3. The van der Waals surface area contributed by atoms with Gasteiger partial charge in [0, 0.05) is 45.5 Å². The average molecular weight is 425 g/mol. The van der Waals surface area contributed by atoms with Crippen molar-refractivity contribution in [1.82, 2.24) is 14.8 Å². The number of amides is 1. The van der Waals surface area contributed by atoms with Crippen molar-refractivity contribution in [3.63, 3.8) is 0 Å². The van der Waals surface area contributed by atoms with E-state index in [0.717, 1.165) is 25.2 Å².